The van der Waals surface area contributed by atoms with Crippen LogP contribution in [0.2, 0.25) is 0 Å². The summed E-state index contributed by atoms with van der Waals surface area (Å²) in [6.45, 7) is 3.77. The second kappa shape index (κ2) is 5.60. The molecule has 0 aromatic heterocycles. The van der Waals surface area contributed by atoms with Crippen molar-refractivity contribution in [1.82, 2.24) is 10.2 Å². The third-order valence-corrected chi connectivity index (χ3v) is 2.10. The molecule has 0 spiro atoms. The van der Waals surface area contributed by atoms with Crippen molar-refractivity contribution in [2.75, 3.05) is 20.3 Å². The molecule has 17 heavy (non-hydrogen) atoms. The van der Waals surface area contributed by atoms with E-state index in [0.29, 0.717) is 0 Å². The van der Waals surface area contributed by atoms with E-state index in [1.165, 1.54) is 11.2 Å². The van der Waals surface area contributed by atoms with Crippen molar-refractivity contribution in [3.8, 4) is 0 Å². The Morgan fingerprint density at radius 3 is 2.65 bits per heavy atom. The van der Waals surface area contributed by atoms with E-state index in [2.05, 4.69) is 0 Å². The third kappa shape index (κ3) is 2.71. The van der Waals surface area contributed by atoms with Crippen LogP contribution < -0.4 is 0 Å². The predicted octanol–water partition coefficient (Wildman–Crippen LogP) is 0.150. The molecule has 0 aromatic carbocycles. The van der Waals surface area contributed by atoms with Crippen molar-refractivity contribution in [2.45, 2.75) is 20.0 Å². The van der Waals surface area contributed by atoms with E-state index in [1.807, 2.05) is 0 Å². The normalized spacial score (nSPS) is 20.3. The molecular weight excluding hydrogens is 230 g/mol. The zero-order valence-electron chi connectivity index (χ0n) is 9.95. The molecule has 0 amide bonds. The predicted molar refractivity (Wildman–Crippen MR) is 56.7 cm³/mol. The van der Waals surface area contributed by atoms with Crippen LogP contribution in [0.5, 0.6) is 0 Å². The summed E-state index contributed by atoms with van der Waals surface area (Å²) in [5.41, 5.74) is -0.0483. The molecule has 1 unspecified atom stereocenters. The molecule has 1 heterocycles. The van der Waals surface area contributed by atoms with Gasteiger partial charge in [-0.15, -0.1) is 0 Å². The summed E-state index contributed by atoms with van der Waals surface area (Å²) in [5.74, 6) is -0.705. The fourth-order valence-corrected chi connectivity index (χ4v) is 1.48. The Balaban J connectivity index is 2.92. The van der Waals surface area contributed by atoms with Gasteiger partial charge in [0.25, 0.3) is 0 Å². The quantitative estimate of drug-likeness (QED) is 0.387. The van der Waals surface area contributed by atoms with Crippen LogP contribution in [0.3, 0.4) is 0 Å². The second-order valence-electron chi connectivity index (χ2n) is 3.26. The lowest BCUT2D eigenvalue weighted by Gasteiger charge is -2.24. The van der Waals surface area contributed by atoms with Gasteiger partial charge in [-0.3, -0.25) is 20.0 Å². The first-order valence-electron chi connectivity index (χ1n) is 5.20. The molecule has 0 fully saturated rings. The molecule has 1 aliphatic heterocycles. The maximum absolute atomic E-state index is 11.6. The second-order valence-corrected chi connectivity index (χ2v) is 3.26. The Morgan fingerprint density at radius 1 is 1.53 bits per heavy atom. The lowest BCUT2D eigenvalue weighted by atomic mass is 10.2. The summed E-state index contributed by atoms with van der Waals surface area (Å²) >= 11 is 0. The number of rotatable bonds is 5. The molecule has 1 atom stereocenters. The van der Waals surface area contributed by atoms with Gasteiger partial charge in [0.2, 0.25) is 0 Å². The molecule has 1 aliphatic rings. The van der Waals surface area contributed by atoms with Crippen LogP contribution in [0.25, 0.3) is 0 Å². The molecule has 96 valence electrons. The number of hydroxylamine groups is 1. The highest BCUT2D eigenvalue weighted by atomic mass is 16.7. The summed E-state index contributed by atoms with van der Waals surface area (Å²) in [6.07, 6.45) is -0.0276. The van der Waals surface area contributed by atoms with Crippen molar-refractivity contribution in [3.05, 3.63) is 21.9 Å². The van der Waals surface area contributed by atoms with Gasteiger partial charge in [0.05, 0.1) is 13.2 Å². The van der Waals surface area contributed by atoms with Crippen LogP contribution in [-0.2, 0) is 14.4 Å². The monoisotopic (exact) mass is 245 g/mol. The molecule has 0 radical (unpaired) electrons. The minimum absolute atomic E-state index is 0.0483. The standard InChI is InChI=1S/C9H15N3O5/c1-4-16-9(13)7-6-10(3)11(17-5-2)8(7)12(14)15/h6,8H,4-5H2,1-3H3. The van der Waals surface area contributed by atoms with Crippen LogP contribution in [0, 0.1) is 10.1 Å². The van der Waals surface area contributed by atoms with E-state index < -0.39 is 17.1 Å². The molecule has 0 N–H and O–H groups in total. The first-order valence-corrected chi connectivity index (χ1v) is 5.20. The van der Waals surface area contributed by atoms with E-state index in [4.69, 9.17) is 9.57 Å². The maximum atomic E-state index is 11.6. The Hall–Kier alpha value is -1.67. The molecule has 0 bridgehead atoms. The number of hydrazine groups is 1. The van der Waals surface area contributed by atoms with Gasteiger partial charge >= 0.3 is 12.1 Å². The summed E-state index contributed by atoms with van der Waals surface area (Å²) in [4.78, 5) is 27.0. The van der Waals surface area contributed by atoms with Crippen LogP contribution >= 0.6 is 0 Å². The molecule has 0 aromatic rings. The molecular formula is C9H15N3O5. The van der Waals surface area contributed by atoms with Gasteiger partial charge in [-0.2, -0.15) is 0 Å². The number of hydrogen-bond donors (Lipinski definition) is 0. The number of nitro groups is 1. The molecule has 0 aliphatic carbocycles. The first kappa shape index (κ1) is 13.4. The Labute approximate surface area is 98.4 Å². The minimum Gasteiger partial charge on any atom is -0.462 e. The van der Waals surface area contributed by atoms with E-state index in [9.17, 15) is 14.9 Å². The highest BCUT2D eigenvalue weighted by molar-refractivity contribution is 5.89. The van der Waals surface area contributed by atoms with Gasteiger partial charge in [-0.1, -0.05) is 0 Å². The summed E-state index contributed by atoms with van der Waals surface area (Å²) in [5, 5.41) is 13.3. The van der Waals surface area contributed by atoms with Crippen molar-refractivity contribution in [2.24, 2.45) is 0 Å². The topological polar surface area (TPSA) is 85.2 Å². The van der Waals surface area contributed by atoms with Crippen molar-refractivity contribution in [1.29, 1.82) is 0 Å². The number of ether oxygens (including phenoxy) is 1. The zero-order valence-corrected chi connectivity index (χ0v) is 9.95. The van der Waals surface area contributed by atoms with Crippen LogP contribution in [0.1, 0.15) is 13.8 Å². The summed E-state index contributed by atoms with van der Waals surface area (Å²) < 4.78 is 4.76. The van der Waals surface area contributed by atoms with E-state index in [0.717, 1.165) is 5.17 Å². The highest BCUT2D eigenvalue weighted by Gasteiger charge is 2.45. The van der Waals surface area contributed by atoms with Gasteiger partial charge in [-0.25, -0.2) is 4.79 Å². The van der Waals surface area contributed by atoms with Crippen LogP contribution in [-0.4, -0.2) is 47.5 Å². The molecule has 8 nitrogen and oxygen atoms in total. The molecule has 1 rings (SSSR count). The summed E-state index contributed by atoms with van der Waals surface area (Å²) in [6, 6.07) is 0. The van der Waals surface area contributed by atoms with Gasteiger partial charge in [0.1, 0.15) is 5.57 Å². The lowest BCUT2D eigenvalue weighted by molar-refractivity contribution is -0.575. The van der Waals surface area contributed by atoms with Crippen molar-refractivity contribution >= 4 is 5.97 Å². The third-order valence-electron chi connectivity index (χ3n) is 2.10. The largest absolute Gasteiger partial charge is 0.462 e. The number of carbonyl (C=O) groups excluding carboxylic acids is 1. The number of hydrogen-bond acceptors (Lipinski definition) is 7. The van der Waals surface area contributed by atoms with Gasteiger partial charge in [0.15, 0.2) is 0 Å². The van der Waals surface area contributed by atoms with Gasteiger partial charge in [-0.05, 0) is 19.0 Å². The molecule has 8 heteroatoms. The maximum Gasteiger partial charge on any atom is 0.344 e. The Morgan fingerprint density at radius 2 is 2.18 bits per heavy atom. The van der Waals surface area contributed by atoms with Crippen molar-refractivity contribution in [3.63, 3.8) is 0 Å². The first-order chi connectivity index (χ1) is 8.02. The zero-order chi connectivity index (χ0) is 13.0. The fraction of sp³-hybridized carbons (Fsp3) is 0.667. The van der Waals surface area contributed by atoms with E-state index in [1.54, 1.807) is 20.9 Å². The lowest BCUT2D eigenvalue weighted by Crippen LogP contribution is -2.45. The average Bonchev–Trinajstić information content (AvgIpc) is 2.57. The highest BCUT2D eigenvalue weighted by Crippen LogP contribution is 2.23. The summed E-state index contributed by atoms with van der Waals surface area (Å²) in [7, 11) is 1.55. The van der Waals surface area contributed by atoms with Gasteiger partial charge < -0.3 is 4.74 Å². The molecule has 0 saturated heterocycles. The van der Waals surface area contributed by atoms with Crippen molar-refractivity contribution < 1.29 is 19.3 Å². The number of esters is 1. The van der Waals surface area contributed by atoms with Crippen LogP contribution in [0.15, 0.2) is 11.8 Å². The Kier molecular flexibility index (Phi) is 4.41. The SMILES string of the molecule is CCOC(=O)C1=CN(C)N(OCC)C1[N+](=O)[O-]. The number of nitrogens with zero attached hydrogens (tertiary/aromatic N) is 3. The minimum atomic E-state index is -1.36. The molecule has 0 saturated carbocycles. The smallest absolute Gasteiger partial charge is 0.344 e. The van der Waals surface area contributed by atoms with Gasteiger partial charge in [0, 0.05) is 18.2 Å². The van der Waals surface area contributed by atoms with Crippen LogP contribution in [0.4, 0.5) is 0 Å². The fourth-order valence-electron chi connectivity index (χ4n) is 1.48. The number of carbonyl (C=O) groups is 1. The Bertz CT molecular complexity index is 344. The van der Waals surface area contributed by atoms with E-state index in [-0.39, 0.29) is 18.8 Å². The van der Waals surface area contributed by atoms with E-state index >= 15 is 0 Å². The average molecular weight is 245 g/mol.